The Morgan fingerprint density at radius 2 is 2.04 bits per heavy atom. The van der Waals surface area contributed by atoms with E-state index in [2.05, 4.69) is 16.0 Å². The molecule has 0 saturated carbocycles. The van der Waals surface area contributed by atoms with Gasteiger partial charge < -0.3 is 25.9 Å². The number of para-hydroxylation sites is 1. The predicted molar refractivity (Wildman–Crippen MR) is 89.5 cm³/mol. The fraction of sp³-hybridized carbons (Fsp3) is 0.353. The van der Waals surface area contributed by atoms with E-state index in [-0.39, 0.29) is 19.3 Å². The molecule has 1 heterocycles. The van der Waals surface area contributed by atoms with Crippen molar-refractivity contribution in [1.82, 2.24) is 10.3 Å². The largest absolute Gasteiger partial charge is 0.477 e. The van der Waals surface area contributed by atoms with Crippen molar-refractivity contribution in [2.75, 3.05) is 7.11 Å². The van der Waals surface area contributed by atoms with Crippen LogP contribution < -0.4 is 11.1 Å². The number of nitrogens with one attached hydrogen (secondary N) is 2. The fourth-order valence-corrected chi connectivity index (χ4v) is 2.55. The lowest BCUT2D eigenvalue weighted by Gasteiger charge is -2.16. The quantitative estimate of drug-likeness (QED) is 0.492. The first-order valence-corrected chi connectivity index (χ1v) is 7.90. The van der Waals surface area contributed by atoms with Crippen molar-refractivity contribution >= 4 is 28.7 Å². The first kappa shape index (κ1) is 18.5. The Bertz CT molecular complexity index is 770. The van der Waals surface area contributed by atoms with E-state index >= 15 is 0 Å². The Hall–Kier alpha value is -2.87. The molecule has 0 bridgehead atoms. The van der Waals surface area contributed by atoms with Crippen LogP contribution in [0.1, 0.15) is 18.4 Å². The normalized spacial score (nSPS) is 13.2. The zero-order valence-corrected chi connectivity index (χ0v) is 14.0. The van der Waals surface area contributed by atoms with E-state index in [0.29, 0.717) is 0 Å². The Kier molecular flexibility index (Phi) is 6.13. The number of aromatic amines is 1. The lowest BCUT2D eigenvalue weighted by Crippen LogP contribution is -2.65. The van der Waals surface area contributed by atoms with Gasteiger partial charge in [0.1, 0.15) is 6.04 Å². The highest BCUT2D eigenvalue weighted by atomic mass is 16.5. The third-order valence-electron chi connectivity index (χ3n) is 3.99. The number of esters is 1. The summed E-state index contributed by atoms with van der Waals surface area (Å²) in [5.41, 5.74) is 5.28. The molecule has 8 heteroatoms. The molecule has 6 N–H and O–H groups in total. The maximum atomic E-state index is 12.0. The minimum Gasteiger partial charge on any atom is -0.477 e. The maximum absolute atomic E-state index is 12.0. The zero-order valence-electron chi connectivity index (χ0n) is 14.0. The Balaban J connectivity index is 2.05. The molecule has 2 atom stereocenters. The van der Waals surface area contributed by atoms with E-state index < -0.39 is 29.9 Å². The number of ether oxygens (including phenoxy) is 1. The van der Waals surface area contributed by atoms with E-state index in [4.69, 9.17) is 9.84 Å². The fourth-order valence-electron chi connectivity index (χ4n) is 2.55. The van der Waals surface area contributed by atoms with Gasteiger partial charge in [0.05, 0.1) is 7.11 Å². The van der Waals surface area contributed by atoms with Gasteiger partial charge >= 0.3 is 11.9 Å². The van der Waals surface area contributed by atoms with Gasteiger partial charge in [0.2, 0.25) is 5.91 Å². The van der Waals surface area contributed by atoms with Gasteiger partial charge in [-0.05, 0) is 11.6 Å². The second-order valence-electron chi connectivity index (χ2n) is 5.78. The molecule has 1 aromatic carbocycles. The Labute approximate surface area is 144 Å². The number of rotatable bonds is 8. The number of hydrogen-bond donors (Lipinski definition) is 4. The molecule has 0 aliphatic rings. The number of quaternary nitrogens is 1. The van der Waals surface area contributed by atoms with Crippen molar-refractivity contribution in [3.8, 4) is 0 Å². The molecule has 8 nitrogen and oxygen atoms in total. The number of carbonyl (C=O) groups excluding carboxylic acids is 2. The third-order valence-corrected chi connectivity index (χ3v) is 3.99. The molecule has 2 aromatic rings. The summed E-state index contributed by atoms with van der Waals surface area (Å²) in [7, 11) is 1.26. The van der Waals surface area contributed by atoms with Crippen LogP contribution in [-0.4, -0.2) is 47.1 Å². The number of methoxy groups -OCH3 is 1. The summed E-state index contributed by atoms with van der Waals surface area (Å²) in [6.07, 6.45) is 2.14. The summed E-state index contributed by atoms with van der Waals surface area (Å²) in [5, 5.41) is 12.4. The van der Waals surface area contributed by atoms with Crippen molar-refractivity contribution in [3.63, 3.8) is 0 Å². The van der Waals surface area contributed by atoms with Crippen LogP contribution in [0.25, 0.3) is 10.9 Å². The predicted octanol–water partition coefficient (Wildman–Crippen LogP) is -0.156. The van der Waals surface area contributed by atoms with Gasteiger partial charge in [0, 0.05) is 36.4 Å². The second-order valence-corrected chi connectivity index (χ2v) is 5.78. The first-order chi connectivity index (χ1) is 11.9. The van der Waals surface area contributed by atoms with Gasteiger partial charge in [-0.2, -0.15) is 0 Å². The summed E-state index contributed by atoms with van der Waals surface area (Å²) in [6, 6.07) is 5.94. The Morgan fingerprint density at radius 1 is 1.32 bits per heavy atom. The number of fused-ring (bicyclic) bond motifs is 1. The van der Waals surface area contributed by atoms with Gasteiger partial charge in [-0.3, -0.25) is 4.79 Å². The van der Waals surface area contributed by atoms with Crippen LogP contribution in [0, 0.1) is 0 Å². The molecule has 0 unspecified atom stereocenters. The summed E-state index contributed by atoms with van der Waals surface area (Å²) < 4.78 is 4.77. The highest BCUT2D eigenvalue weighted by molar-refractivity contribution is 5.87. The van der Waals surface area contributed by atoms with E-state index in [1.165, 1.54) is 7.11 Å². The summed E-state index contributed by atoms with van der Waals surface area (Å²) in [5.74, 6) is -2.02. The minimum atomic E-state index is -1.06. The van der Waals surface area contributed by atoms with E-state index in [9.17, 15) is 14.4 Å². The first-order valence-electron chi connectivity index (χ1n) is 7.90. The van der Waals surface area contributed by atoms with Crippen molar-refractivity contribution in [3.05, 3.63) is 36.0 Å². The standard InChI is InChI=1S/C17H21N3O5/c1-25-17(24)14(20-15(21)7-6-12(18)16(22)23)8-10-9-19-13-5-3-2-4-11(10)13/h2-5,9,12,14,19H,6-8,18H2,1H3,(H,20,21)(H,22,23)/p+1/t12-,14-/m1/s1. The van der Waals surface area contributed by atoms with Gasteiger partial charge in [-0.1, -0.05) is 18.2 Å². The number of benzene rings is 1. The number of amides is 1. The average molecular weight is 348 g/mol. The molecule has 2 rings (SSSR count). The SMILES string of the molecule is COC(=O)[C@@H](Cc1c[nH]c2ccccc12)NC(=O)CC[C@@H]([NH3+])C(=O)O. The van der Waals surface area contributed by atoms with Gasteiger partial charge in [-0.25, -0.2) is 9.59 Å². The number of H-pyrrole nitrogens is 1. The highest BCUT2D eigenvalue weighted by Crippen LogP contribution is 2.19. The van der Waals surface area contributed by atoms with Crippen LogP contribution in [0.15, 0.2) is 30.5 Å². The van der Waals surface area contributed by atoms with Gasteiger partial charge in [-0.15, -0.1) is 0 Å². The van der Waals surface area contributed by atoms with Crippen molar-refractivity contribution in [2.24, 2.45) is 0 Å². The van der Waals surface area contributed by atoms with E-state index in [1.54, 1.807) is 6.20 Å². The zero-order chi connectivity index (χ0) is 18.4. The van der Waals surface area contributed by atoms with E-state index in [0.717, 1.165) is 16.5 Å². The topological polar surface area (TPSA) is 136 Å². The van der Waals surface area contributed by atoms with Crippen LogP contribution in [-0.2, 0) is 25.5 Å². The Morgan fingerprint density at radius 3 is 2.72 bits per heavy atom. The second kappa shape index (κ2) is 8.29. The smallest absolute Gasteiger partial charge is 0.362 e. The van der Waals surface area contributed by atoms with Crippen LogP contribution in [0.3, 0.4) is 0 Å². The van der Waals surface area contributed by atoms with Gasteiger partial charge in [0.15, 0.2) is 6.04 Å². The molecule has 0 aliphatic heterocycles. The highest BCUT2D eigenvalue weighted by Gasteiger charge is 2.24. The van der Waals surface area contributed by atoms with Crippen LogP contribution in [0.2, 0.25) is 0 Å². The number of carbonyl (C=O) groups is 3. The summed E-state index contributed by atoms with van der Waals surface area (Å²) in [6.45, 7) is 0. The van der Waals surface area contributed by atoms with Crippen molar-refractivity contribution in [2.45, 2.75) is 31.3 Å². The number of carboxylic acids is 1. The molecule has 1 amide bonds. The number of hydrogen-bond acceptors (Lipinski definition) is 4. The molecular weight excluding hydrogens is 326 g/mol. The van der Waals surface area contributed by atoms with Crippen molar-refractivity contribution in [1.29, 1.82) is 0 Å². The molecule has 134 valence electrons. The van der Waals surface area contributed by atoms with Crippen molar-refractivity contribution < 1.29 is 30.0 Å². The minimum absolute atomic E-state index is 0.0259. The lowest BCUT2D eigenvalue weighted by molar-refractivity contribution is -0.408. The van der Waals surface area contributed by atoms with Crippen LogP contribution >= 0.6 is 0 Å². The molecule has 0 aliphatic carbocycles. The number of carboxylic acid groups (broad SMARTS) is 1. The molecule has 1 aromatic heterocycles. The molecule has 0 spiro atoms. The van der Waals surface area contributed by atoms with Crippen LogP contribution in [0.4, 0.5) is 0 Å². The molecule has 0 fully saturated rings. The lowest BCUT2D eigenvalue weighted by atomic mass is 10.0. The molecular formula is C17H22N3O5+. The van der Waals surface area contributed by atoms with Gasteiger partial charge in [0.25, 0.3) is 0 Å². The summed E-state index contributed by atoms with van der Waals surface area (Å²) >= 11 is 0. The number of aromatic nitrogens is 1. The third kappa shape index (κ3) is 4.80. The number of aliphatic carboxylic acids is 1. The van der Waals surface area contributed by atoms with Crippen LogP contribution in [0.5, 0.6) is 0 Å². The maximum Gasteiger partial charge on any atom is 0.362 e. The van der Waals surface area contributed by atoms with E-state index in [1.807, 2.05) is 24.3 Å². The summed E-state index contributed by atoms with van der Waals surface area (Å²) in [4.78, 5) is 37.9. The monoisotopic (exact) mass is 348 g/mol. The average Bonchev–Trinajstić information content (AvgIpc) is 3.01. The molecule has 25 heavy (non-hydrogen) atoms. The molecule has 0 saturated heterocycles. The molecule has 0 radical (unpaired) electrons.